The van der Waals surface area contributed by atoms with E-state index >= 15 is 0 Å². The summed E-state index contributed by atoms with van der Waals surface area (Å²) in [6.07, 6.45) is 0. The third kappa shape index (κ3) is 2.30. The first-order chi connectivity index (χ1) is 7.47. The van der Waals surface area contributed by atoms with Crippen LogP contribution < -0.4 is 4.74 Å². The number of benzene rings is 2. The minimum absolute atomic E-state index is 0.198. The summed E-state index contributed by atoms with van der Waals surface area (Å²) >= 11 is 6.14. The van der Waals surface area contributed by atoms with Gasteiger partial charge in [0, 0.05) is 15.8 Å². The summed E-state index contributed by atoms with van der Waals surface area (Å²) in [7, 11) is 0. The molecule has 0 heterocycles. The summed E-state index contributed by atoms with van der Waals surface area (Å²) in [6.45, 7) is 6.11. The van der Waals surface area contributed by atoms with E-state index in [0.717, 1.165) is 21.5 Å². The number of rotatable bonds is 1. The highest BCUT2D eigenvalue weighted by Crippen LogP contribution is 2.32. The molecule has 0 aliphatic heterocycles. The summed E-state index contributed by atoms with van der Waals surface area (Å²) in [5.74, 6) is 0.882. The van der Waals surface area contributed by atoms with Crippen LogP contribution in [0.4, 0.5) is 0 Å². The predicted octanol–water partition coefficient (Wildman–Crippen LogP) is 4.67. The van der Waals surface area contributed by atoms with Crippen LogP contribution in [0.2, 0.25) is 5.02 Å². The van der Waals surface area contributed by atoms with Gasteiger partial charge in [-0.1, -0.05) is 35.9 Å². The molecule has 0 aromatic heterocycles. The van der Waals surface area contributed by atoms with Crippen LogP contribution in [0.5, 0.6) is 5.75 Å². The Balaban J connectivity index is 2.59. The van der Waals surface area contributed by atoms with Crippen LogP contribution in [-0.4, -0.2) is 5.60 Å². The Kier molecular flexibility index (Phi) is 2.81. The molecule has 0 saturated heterocycles. The highest BCUT2D eigenvalue weighted by molar-refractivity contribution is 6.35. The molecule has 0 amide bonds. The second-order valence-corrected chi connectivity index (χ2v) is 5.21. The van der Waals surface area contributed by atoms with Crippen LogP contribution >= 0.6 is 11.6 Å². The second-order valence-electron chi connectivity index (χ2n) is 4.81. The topological polar surface area (TPSA) is 9.23 Å². The third-order valence-corrected chi connectivity index (χ3v) is 2.58. The lowest BCUT2D eigenvalue weighted by Crippen LogP contribution is -2.23. The summed E-state index contributed by atoms with van der Waals surface area (Å²) in [5, 5.41) is 2.85. The summed E-state index contributed by atoms with van der Waals surface area (Å²) in [6, 6.07) is 11.8. The molecule has 0 unspecified atom stereocenters. The van der Waals surface area contributed by atoms with Gasteiger partial charge in [-0.15, -0.1) is 0 Å². The van der Waals surface area contributed by atoms with Gasteiger partial charge >= 0.3 is 0 Å². The fourth-order valence-electron chi connectivity index (χ4n) is 1.65. The Morgan fingerprint density at radius 3 is 2.19 bits per heavy atom. The van der Waals surface area contributed by atoms with Gasteiger partial charge in [0.25, 0.3) is 0 Å². The van der Waals surface area contributed by atoms with E-state index in [1.54, 1.807) is 0 Å². The van der Waals surface area contributed by atoms with Crippen molar-refractivity contribution in [3.63, 3.8) is 0 Å². The fraction of sp³-hybridized carbons (Fsp3) is 0.286. The fourth-order valence-corrected chi connectivity index (χ4v) is 1.88. The number of fused-ring (bicyclic) bond motifs is 1. The van der Waals surface area contributed by atoms with E-state index in [0.29, 0.717) is 0 Å². The normalized spacial score (nSPS) is 11.8. The molecule has 0 saturated carbocycles. The van der Waals surface area contributed by atoms with Crippen LogP contribution in [0.1, 0.15) is 20.8 Å². The molecule has 0 aliphatic carbocycles. The Labute approximate surface area is 101 Å². The van der Waals surface area contributed by atoms with Gasteiger partial charge < -0.3 is 4.74 Å². The van der Waals surface area contributed by atoms with Crippen LogP contribution in [0, 0.1) is 0 Å². The molecule has 2 aromatic carbocycles. The molecule has 0 atom stereocenters. The molecule has 0 bridgehead atoms. The lowest BCUT2D eigenvalue weighted by atomic mass is 10.1. The zero-order valence-electron chi connectivity index (χ0n) is 9.75. The van der Waals surface area contributed by atoms with Crippen molar-refractivity contribution in [1.29, 1.82) is 0 Å². The highest BCUT2D eigenvalue weighted by atomic mass is 35.5. The first-order valence-corrected chi connectivity index (χ1v) is 5.71. The van der Waals surface area contributed by atoms with Gasteiger partial charge in [0.2, 0.25) is 0 Å². The average Bonchev–Trinajstić information content (AvgIpc) is 2.21. The SMILES string of the molecule is CC(C)(C)Oc1ccc(Cl)c2ccccc12. The minimum Gasteiger partial charge on any atom is -0.488 e. The van der Waals surface area contributed by atoms with Gasteiger partial charge in [-0.3, -0.25) is 0 Å². The predicted molar refractivity (Wildman–Crippen MR) is 69.3 cm³/mol. The van der Waals surface area contributed by atoms with E-state index in [9.17, 15) is 0 Å². The molecule has 1 nitrogen and oxygen atoms in total. The zero-order valence-corrected chi connectivity index (χ0v) is 10.5. The van der Waals surface area contributed by atoms with E-state index in [1.807, 2.05) is 57.2 Å². The Hall–Kier alpha value is -1.21. The van der Waals surface area contributed by atoms with Gasteiger partial charge in [0.05, 0.1) is 0 Å². The smallest absolute Gasteiger partial charge is 0.128 e. The van der Waals surface area contributed by atoms with E-state index in [1.165, 1.54) is 0 Å². The summed E-state index contributed by atoms with van der Waals surface area (Å²) < 4.78 is 5.91. The quantitative estimate of drug-likeness (QED) is 0.697. The molecule has 0 spiro atoms. The van der Waals surface area contributed by atoms with Gasteiger partial charge in [-0.05, 0) is 32.9 Å². The standard InChI is InChI=1S/C14H15ClO/c1-14(2,3)16-13-9-8-12(15)10-6-4-5-7-11(10)13/h4-9H,1-3H3. The maximum absolute atomic E-state index is 6.14. The second kappa shape index (κ2) is 3.99. The average molecular weight is 235 g/mol. The van der Waals surface area contributed by atoms with Crippen LogP contribution in [0.25, 0.3) is 10.8 Å². The zero-order chi connectivity index (χ0) is 11.8. The molecule has 2 heteroatoms. The molecule has 16 heavy (non-hydrogen) atoms. The van der Waals surface area contributed by atoms with Crippen LogP contribution in [0.15, 0.2) is 36.4 Å². The van der Waals surface area contributed by atoms with Crippen LogP contribution in [-0.2, 0) is 0 Å². The number of hydrogen-bond acceptors (Lipinski definition) is 1. The highest BCUT2D eigenvalue weighted by Gasteiger charge is 2.14. The maximum Gasteiger partial charge on any atom is 0.128 e. The molecule has 84 valence electrons. The summed E-state index contributed by atoms with van der Waals surface area (Å²) in [5.41, 5.74) is -0.198. The monoisotopic (exact) mass is 234 g/mol. The molecule has 0 N–H and O–H groups in total. The number of hydrogen-bond donors (Lipinski definition) is 0. The van der Waals surface area contributed by atoms with E-state index < -0.39 is 0 Å². The molecule has 0 fully saturated rings. The maximum atomic E-state index is 6.14. The van der Waals surface area contributed by atoms with Crippen molar-refractivity contribution in [1.82, 2.24) is 0 Å². The van der Waals surface area contributed by atoms with Crippen molar-refractivity contribution < 1.29 is 4.74 Å². The Morgan fingerprint density at radius 1 is 0.938 bits per heavy atom. The van der Waals surface area contributed by atoms with Crippen LogP contribution in [0.3, 0.4) is 0 Å². The van der Waals surface area contributed by atoms with E-state index in [-0.39, 0.29) is 5.60 Å². The van der Waals surface area contributed by atoms with Crippen molar-refractivity contribution in [3.8, 4) is 5.75 Å². The van der Waals surface area contributed by atoms with E-state index in [4.69, 9.17) is 16.3 Å². The molecular formula is C14H15ClO. The van der Waals surface area contributed by atoms with Crippen molar-refractivity contribution in [2.45, 2.75) is 26.4 Å². The first kappa shape index (κ1) is 11.3. The van der Waals surface area contributed by atoms with Gasteiger partial charge in [-0.2, -0.15) is 0 Å². The van der Waals surface area contributed by atoms with E-state index in [2.05, 4.69) is 0 Å². The van der Waals surface area contributed by atoms with Crippen molar-refractivity contribution in [3.05, 3.63) is 41.4 Å². The largest absolute Gasteiger partial charge is 0.488 e. The molecule has 0 aliphatic rings. The molecule has 2 rings (SSSR count). The van der Waals surface area contributed by atoms with Gasteiger partial charge in [-0.25, -0.2) is 0 Å². The third-order valence-electron chi connectivity index (χ3n) is 2.25. The lowest BCUT2D eigenvalue weighted by molar-refractivity contribution is 0.133. The summed E-state index contributed by atoms with van der Waals surface area (Å²) in [4.78, 5) is 0. The molecule has 2 aromatic rings. The van der Waals surface area contributed by atoms with Gasteiger partial charge in [0.1, 0.15) is 11.4 Å². The first-order valence-electron chi connectivity index (χ1n) is 5.34. The molecule has 0 radical (unpaired) electrons. The number of ether oxygens (including phenoxy) is 1. The molecular weight excluding hydrogens is 220 g/mol. The number of halogens is 1. The van der Waals surface area contributed by atoms with Crippen molar-refractivity contribution >= 4 is 22.4 Å². The lowest BCUT2D eigenvalue weighted by Gasteiger charge is -2.22. The minimum atomic E-state index is -0.198. The van der Waals surface area contributed by atoms with Gasteiger partial charge in [0.15, 0.2) is 0 Å². The van der Waals surface area contributed by atoms with Crippen molar-refractivity contribution in [2.75, 3.05) is 0 Å². The Morgan fingerprint density at radius 2 is 1.56 bits per heavy atom. The van der Waals surface area contributed by atoms with Crippen molar-refractivity contribution in [2.24, 2.45) is 0 Å². The Bertz CT molecular complexity index is 512.